The highest BCUT2D eigenvalue weighted by Gasteiger charge is 2.31. The maximum atomic E-state index is 12.2. The van der Waals surface area contributed by atoms with Crippen LogP contribution in [0.3, 0.4) is 0 Å². The number of alkyl halides is 3. The highest BCUT2D eigenvalue weighted by molar-refractivity contribution is 6.04. The summed E-state index contributed by atoms with van der Waals surface area (Å²) in [4.78, 5) is 26.6. The van der Waals surface area contributed by atoms with E-state index in [0.29, 0.717) is 17.8 Å². The minimum atomic E-state index is -4.79. The number of likely N-dealkylation sites (N-methyl/N-ethyl adjacent to an activating group) is 1. The van der Waals surface area contributed by atoms with Crippen molar-refractivity contribution in [3.63, 3.8) is 0 Å². The Kier molecular flexibility index (Phi) is 8.23. The van der Waals surface area contributed by atoms with Gasteiger partial charge in [0.2, 0.25) is 0 Å². The Labute approximate surface area is 173 Å². The third kappa shape index (κ3) is 7.40. The molecule has 0 atom stereocenters. The van der Waals surface area contributed by atoms with Gasteiger partial charge in [-0.15, -0.1) is 13.2 Å². The van der Waals surface area contributed by atoms with Crippen molar-refractivity contribution >= 4 is 17.5 Å². The van der Waals surface area contributed by atoms with Gasteiger partial charge in [0.1, 0.15) is 5.75 Å². The summed E-state index contributed by atoms with van der Waals surface area (Å²) in [6.45, 7) is 7.25. The van der Waals surface area contributed by atoms with Crippen molar-refractivity contribution in [1.29, 1.82) is 0 Å². The summed E-state index contributed by atoms with van der Waals surface area (Å²) < 4.78 is 40.3. The highest BCUT2D eigenvalue weighted by Crippen LogP contribution is 2.23. The second kappa shape index (κ2) is 10.6. The number of ether oxygens (including phenoxy) is 1. The molecule has 0 heterocycles. The maximum Gasteiger partial charge on any atom is 0.573 e. The van der Waals surface area contributed by atoms with Crippen LogP contribution in [0.5, 0.6) is 5.75 Å². The van der Waals surface area contributed by atoms with Gasteiger partial charge in [-0.2, -0.15) is 0 Å². The number of carbonyl (C=O) groups excluding carboxylic acids is 2. The first-order valence-electron chi connectivity index (χ1n) is 9.49. The number of benzene rings is 2. The van der Waals surface area contributed by atoms with Crippen molar-refractivity contribution in [1.82, 2.24) is 10.2 Å². The van der Waals surface area contributed by atoms with Gasteiger partial charge >= 0.3 is 6.36 Å². The summed E-state index contributed by atoms with van der Waals surface area (Å²) in [5, 5.41) is 5.47. The van der Waals surface area contributed by atoms with Crippen molar-refractivity contribution in [2.75, 3.05) is 31.5 Å². The summed E-state index contributed by atoms with van der Waals surface area (Å²) in [7, 11) is 0. The molecule has 0 fully saturated rings. The first-order valence-corrected chi connectivity index (χ1v) is 9.49. The van der Waals surface area contributed by atoms with Gasteiger partial charge < -0.3 is 20.3 Å². The zero-order valence-corrected chi connectivity index (χ0v) is 16.8. The maximum absolute atomic E-state index is 12.2. The molecule has 162 valence electrons. The molecule has 2 rings (SSSR count). The molecule has 0 bridgehead atoms. The second-order valence-electron chi connectivity index (χ2n) is 6.39. The molecule has 0 aliphatic rings. The standard InChI is InChI=1S/C21H24F3N3O3/c1-3-27(4-2)14-13-25-19(28)15-5-9-17(10-6-15)26-20(29)16-7-11-18(12-8-16)30-21(22,23)24/h5-12H,3-4,13-14H2,1-2H3,(H,25,28)(H,26,29). The fourth-order valence-electron chi connectivity index (χ4n) is 2.69. The van der Waals surface area contributed by atoms with E-state index < -0.39 is 18.0 Å². The van der Waals surface area contributed by atoms with Gasteiger partial charge in [0.05, 0.1) is 0 Å². The highest BCUT2D eigenvalue weighted by atomic mass is 19.4. The summed E-state index contributed by atoms with van der Waals surface area (Å²) in [5.41, 5.74) is 1.08. The minimum absolute atomic E-state index is 0.169. The van der Waals surface area contributed by atoms with Crippen LogP contribution in [-0.4, -0.2) is 49.3 Å². The van der Waals surface area contributed by atoms with Crippen LogP contribution in [0.2, 0.25) is 0 Å². The minimum Gasteiger partial charge on any atom is -0.406 e. The fraction of sp³-hybridized carbons (Fsp3) is 0.333. The van der Waals surface area contributed by atoms with Crippen LogP contribution >= 0.6 is 0 Å². The number of halogens is 3. The molecule has 0 saturated carbocycles. The lowest BCUT2D eigenvalue weighted by Gasteiger charge is -2.18. The van der Waals surface area contributed by atoms with Gasteiger partial charge in [-0.05, 0) is 61.6 Å². The Balaban J connectivity index is 1.89. The fourth-order valence-corrected chi connectivity index (χ4v) is 2.69. The zero-order chi connectivity index (χ0) is 22.1. The second-order valence-corrected chi connectivity index (χ2v) is 6.39. The predicted octanol–water partition coefficient (Wildman–Crippen LogP) is 3.91. The summed E-state index contributed by atoms with van der Waals surface area (Å²) >= 11 is 0. The normalized spacial score (nSPS) is 11.3. The Morgan fingerprint density at radius 2 is 1.43 bits per heavy atom. The van der Waals surface area contributed by atoms with Crippen molar-refractivity contribution < 1.29 is 27.5 Å². The first-order chi connectivity index (χ1) is 14.2. The number of carbonyl (C=O) groups is 2. The lowest BCUT2D eigenvalue weighted by molar-refractivity contribution is -0.274. The van der Waals surface area contributed by atoms with E-state index in [9.17, 15) is 22.8 Å². The number of hydrogen-bond donors (Lipinski definition) is 2. The van der Waals surface area contributed by atoms with E-state index in [4.69, 9.17) is 0 Å². The van der Waals surface area contributed by atoms with Crippen LogP contribution in [0.4, 0.5) is 18.9 Å². The van der Waals surface area contributed by atoms with E-state index in [1.807, 2.05) is 0 Å². The lowest BCUT2D eigenvalue weighted by atomic mass is 10.1. The zero-order valence-electron chi connectivity index (χ0n) is 16.8. The molecule has 30 heavy (non-hydrogen) atoms. The molecule has 0 spiro atoms. The van der Waals surface area contributed by atoms with E-state index in [1.165, 1.54) is 12.1 Å². The average molecular weight is 423 g/mol. The molecule has 0 unspecified atom stereocenters. The Morgan fingerprint density at radius 3 is 1.97 bits per heavy atom. The monoisotopic (exact) mass is 423 g/mol. The molecular weight excluding hydrogens is 399 g/mol. The molecule has 2 aromatic carbocycles. The van der Waals surface area contributed by atoms with Crippen LogP contribution in [-0.2, 0) is 0 Å². The summed E-state index contributed by atoms with van der Waals surface area (Å²) in [6, 6.07) is 10.9. The number of nitrogens with zero attached hydrogens (tertiary/aromatic N) is 1. The van der Waals surface area contributed by atoms with Crippen LogP contribution in [0, 0.1) is 0 Å². The van der Waals surface area contributed by atoms with Crippen molar-refractivity contribution in [2.24, 2.45) is 0 Å². The molecule has 6 nitrogen and oxygen atoms in total. The SMILES string of the molecule is CCN(CC)CCNC(=O)c1ccc(NC(=O)c2ccc(OC(F)(F)F)cc2)cc1. The molecule has 0 aromatic heterocycles. The van der Waals surface area contributed by atoms with E-state index in [0.717, 1.165) is 31.8 Å². The van der Waals surface area contributed by atoms with Crippen molar-refractivity contribution in [2.45, 2.75) is 20.2 Å². The Hall–Kier alpha value is -3.07. The number of nitrogens with one attached hydrogen (secondary N) is 2. The lowest BCUT2D eigenvalue weighted by Crippen LogP contribution is -2.34. The first kappa shape index (κ1) is 23.2. The molecule has 9 heteroatoms. The Morgan fingerprint density at radius 1 is 0.900 bits per heavy atom. The third-order valence-electron chi connectivity index (χ3n) is 4.36. The molecule has 0 saturated heterocycles. The molecule has 0 aliphatic heterocycles. The number of hydrogen-bond acceptors (Lipinski definition) is 4. The van der Waals surface area contributed by atoms with Crippen LogP contribution in [0.25, 0.3) is 0 Å². The van der Waals surface area contributed by atoms with E-state index in [-0.39, 0.29) is 11.5 Å². The van der Waals surface area contributed by atoms with Crippen LogP contribution in [0.1, 0.15) is 34.6 Å². The quantitative estimate of drug-likeness (QED) is 0.642. The van der Waals surface area contributed by atoms with Gasteiger partial charge in [-0.25, -0.2) is 0 Å². The van der Waals surface area contributed by atoms with Crippen LogP contribution < -0.4 is 15.4 Å². The van der Waals surface area contributed by atoms with Gasteiger partial charge in [0.15, 0.2) is 0 Å². The molecule has 2 aromatic rings. The third-order valence-corrected chi connectivity index (χ3v) is 4.36. The molecule has 0 aliphatic carbocycles. The predicted molar refractivity (Wildman–Crippen MR) is 108 cm³/mol. The molecule has 2 amide bonds. The topological polar surface area (TPSA) is 70.7 Å². The summed E-state index contributed by atoms with van der Waals surface area (Å²) in [6.07, 6.45) is -4.79. The van der Waals surface area contributed by atoms with E-state index >= 15 is 0 Å². The summed E-state index contributed by atoms with van der Waals surface area (Å²) in [5.74, 6) is -1.11. The number of amides is 2. The van der Waals surface area contributed by atoms with E-state index in [2.05, 4.69) is 34.1 Å². The number of anilines is 1. The van der Waals surface area contributed by atoms with Crippen molar-refractivity contribution in [3.8, 4) is 5.75 Å². The van der Waals surface area contributed by atoms with E-state index in [1.54, 1.807) is 24.3 Å². The average Bonchev–Trinajstić information content (AvgIpc) is 2.71. The van der Waals surface area contributed by atoms with Gasteiger partial charge in [0.25, 0.3) is 11.8 Å². The van der Waals surface area contributed by atoms with Crippen LogP contribution in [0.15, 0.2) is 48.5 Å². The Bertz CT molecular complexity index is 833. The molecular formula is C21H24F3N3O3. The largest absolute Gasteiger partial charge is 0.573 e. The van der Waals surface area contributed by atoms with Gasteiger partial charge in [0, 0.05) is 29.9 Å². The molecule has 0 radical (unpaired) electrons. The smallest absolute Gasteiger partial charge is 0.406 e. The molecule has 2 N–H and O–H groups in total. The van der Waals surface area contributed by atoms with Gasteiger partial charge in [-0.3, -0.25) is 9.59 Å². The van der Waals surface area contributed by atoms with Gasteiger partial charge in [-0.1, -0.05) is 13.8 Å². The van der Waals surface area contributed by atoms with Crippen molar-refractivity contribution in [3.05, 3.63) is 59.7 Å². The number of rotatable bonds is 9.